The fourth-order valence-electron chi connectivity index (χ4n) is 17.1. The minimum atomic E-state index is -1.05. The summed E-state index contributed by atoms with van der Waals surface area (Å²) in [6.45, 7) is -1.05. The van der Waals surface area contributed by atoms with Crippen LogP contribution in [0.1, 0.15) is 28.8 Å². The van der Waals surface area contributed by atoms with E-state index in [-0.39, 0.29) is 66.1 Å². The van der Waals surface area contributed by atoms with E-state index in [4.69, 9.17) is 0 Å². The van der Waals surface area contributed by atoms with Crippen LogP contribution in [0.15, 0.2) is 430 Å². The highest BCUT2D eigenvalue weighted by Crippen LogP contribution is 2.55. The van der Waals surface area contributed by atoms with Crippen molar-refractivity contribution in [2.24, 2.45) is 0 Å². The van der Waals surface area contributed by atoms with E-state index in [1.165, 1.54) is 9.13 Å². The summed E-state index contributed by atoms with van der Waals surface area (Å²) < 4.78 is 206. The van der Waals surface area contributed by atoms with Crippen molar-refractivity contribution in [2.45, 2.75) is 0 Å². The number of hydrogen-bond acceptors (Lipinski definition) is 2. The zero-order valence-electron chi connectivity index (χ0n) is 81.2. The Labute approximate surface area is 687 Å². The predicted molar refractivity (Wildman–Crippen MR) is 478 cm³/mol. The summed E-state index contributed by atoms with van der Waals surface area (Å²) in [7, 11) is 0. The molecule has 2 aliphatic rings. The minimum absolute atomic E-state index is 0.111. The molecule has 18 aromatic carbocycles. The van der Waals surface area contributed by atoms with E-state index in [0.717, 1.165) is 66.8 Å². The molecule has 0 saturated heterocycles. The second-order valence-corrected chi connectivity index (χ2v) is 28.3. The fraction of sp³-hybridized carbons (Fsp3) is 0. The van der Waals surface area contributed by atoms with E-state index >= 15 is 0 Å². The van der Waals surface area contributed by atoms with Gasteiger partial charge in [0.05, 0.1) is 62.2 Å². The number of hydrogen-bond donors (Lipinski definition) is 0. The van der Waals surface area contributed by atoms with Crippen LogP contribution < -0.4 is 26.2 Å². The van der Waals surface area contributed by atoms with Crippen molar-refractivity contribution >= 4 is 101 Å². The average molecular weight is 1460 g/mol. The van der Waals surface area contributed by atoms with Gasteiger partial charge in [-0.15, -0.1) is 0 Å². The van der Waals surface area contributed by atoms with Gasteiger partial charge in [-0.3, -0.25) is 0 Å². The third-order valence-electron chi connectivity index (χ3n) is 22.1. The molecule has 0 spiro atoms. The van der Waals surface area contributed by atoms with Crippen LogP contribution >= 0.6 is 0 Å². The standard InChI is InChI=1S/C108H71BN4/c1-6-30-72(31-7-1)77-40-24-44-81(64-77)88-52-28-53-89(82-45-25-41-78(65-82)73-32-8-2-9-33-73)107(88)112-102-70-86(110-98-56-20-16-48-92(98)93-49-17-21-57-99(93)110)60-62-96(102)109-97-63-61-87(111-100-58-22-18-50-94(100)95-51-19-23-59-101(95)111)71-103(97)113(105-69-85(68-104(112)106(105)109)76-38-14-5-15-39-76)108-90(83-46-26-42-79(66-83)74-34-10-3-11-35-74)54-29-55-91(108)84-47-27-43-80(67-84)75-36-12-4-13-37-75/h1-71H/i5D,14D,15D,16D,17D,18D,19D,20D,21D,22D,23D,38D,39D,48D,49D,50D,51D,56D,57D,58D,59D. The van der Waals surface area contributed by atoms with Crippen molar-refractivity contribution in [1.82, 2.24) is 9.13 Å². The molecule has 0 unspecified atom stereocenters. The number of benzene rings is 18. The fourth-order valence-corrected chi connectivity index (χ4v) is 17.1. The normalized spacial score (nSPS) is 14.8. The molecule has 0 radical (unpaired) electrons. The molecule has 2 aliphatic heterocycles. The molecule has 0 saturated carbocycles. The Morgan fingerprint density at radius 2 is 0.487 bits per heavy atom. The quantitative estimate of drug-likeness (QED) is 0.107. The summed E-state index contributed by atoms with van der Waals surface area (Å²) in [6, 6.07) is 86.7. The lowest BCUT2D eigenvalue weighted by Crippen LogP contribution is -2.61. The van der Waals surface area contributed by atoms with E-state index in [0.29, 0.717) is 72.8 Å². The number of aromatic nitrogens is 2. The SMILES string of the molecule is [2H]c1c([2H])c([2H])c(-c2cc3c4c(c2)N(c2c(-c5cccc(-c6ccccc6)c5)cccc2-c2cccc(-c5ccccc5)c2)c2cc(-n5c6c([2H])c([2H])c([2H])c([2H])c6c6c([2H])c([2H])c([2H])c([2H])c65)ccc2B4c2ccc(-n4c5c([2H])c([2H])c([2H])c([2H])c5c5c([2H])c([2H])c([2H])c([2H])c54)cc2N3c2c(-c3cccc(-c4ccccc4)c3)cccc2-c2cccc(-c3ccccc3)c2)c([2H])c1[2H]. The second-order valence-electron chi connectivity index (χ2n) is 28.3. The van der Waals surface area contributed by atoms with E-state index in [1.807, 2.05) is 267 Å². The summed E-state index contributed by atoms with van der Waals surface area (Å²) in [4.78, 5) is 4.21. The highest BCUT2D eigenvalue weighted by Gasteiger charge is 2.46. The molecule has 20 aromatic rings. The molecule has 526 valence electrons. The first-order valence-electron chi connectivity index (χ1n) is 47.8. The number of nitrogens with zero attached hydrogens (tertiary/aromatic N) is 4. The maximum atomic E-state index is 10.3. The molecule has 4 nitrogen and oxygen atoms in total. The molecule has 2 aromatic heterocycles. The van der Waals surface area contributed by atoms with Gasteiger partial charge in [0, 0.05) is 77.9 Å². The van der Waals surface area contributed by atoms with E-state index in [2.05, 4.69) is 34.1 Å². The minimum Gasteiger partial charge on any atom is -0.310 e. The summed E-state index contributed by atoms with van der Waals surface area (Å²) in [5.41, 5.74) is 16.3. The summed E-state index contributed by atoms with van der Waals surface area (Å²) >= 11 is 0. The van der Waals surface area contributed by atoms with Gasteiger partial charge in [0.1, 0.15) is 0 Å². The maximum absolute atomic E-state index is 10.3. The first-order valence-corrected chi connectivity index (χ1v) is 37.3. The number of fused-ring (bicyclic) bond motifs is 10. The Kier molecular flexibility index (Phi) is 11.3. The van der Waals surface area contributed by atoms with Gasteiger partial charge in [0.25, 0.3) is 6.71 Å². The number of rotatable bonds is 13. The summed E-state index contributed by atoms with van der Waals surface area (Å²) in [6.07, 6.45) is 0. The lowest BCUT2D eigenvalue weighted by atomic mass is 9.33. The average Bonchev–Trinajstić information content (AvgIpc) is 0.950. The molecule has 0 N–H and O–H groups in total. The topological polar surface area (TPSA) is 16.3 Å². The van der Waals surface area contributed by atoms with Gasteiger partial charge in [0.2, 0.25) is 0 Å². The Hall–Kier alpha value is -14.8. The van der Waals surface area contributed by atoms with E-state index in [1.54, 1.807) is 12.1 Å². The van der Waals surface area contributed by atoms with Crippen molar-refractivity contribution in [3.05, 3.63) is 430 Å². The Morgan fingerprint density at radius 3 is 0.814 bits per heavy atom. The molecule has 5 heteroatoms. The van der Waals surface area contributed by atoms with Crippen molar-refractivity contribution in [1.29, 1.82) is 0 Å². The van der Waals surface area contributed by atoms with Crippen molar-refractivity contribution in [3.63, 3.8) is 0 Å². The molecule has 4 heterocycles. The van der Waals surface area contributed by atoms with Crippen molar-refractivity contribution < 1.29 is 28.8 Å². The van der Waals surface area contributed by atoms with Gasteiger partial charge in [-0.1, -0.05) is 345 Å². The molecule has 113 heavy (non-hydrogen) atoms. The molecule has 0 atom stereocenters. The molecule has 0 aliphatic carbocycles. The van der Waals surface area contributed by atoms with Gasteiger partial charge in [-0.05, 0) is 179 Å². The smallest absolute Gasteiger partial charge is 0.252 e. The molecular formula is C108H71BN4. The van der Waals surface area contributed by atoms with Crippen LogP contribution in [0.3, 0.4) is 0 Å². The van der Waals surface area contributed by atoms with E-state index < -0.39 is 134 Å². The number of anilines is 6. The zero-order chi connectivity index (χ0) is 92.7. The second kappa shape index (κ2) is 27.1. The van der Waals surface area contributed by atoms with Gasteiger partial charge < -0.3 is 18.9 Å². The highest BCUT2D eigenvalue weighted by molar-refractivity contribution is 7.00. The van der Waals surface area contributed by atoms with Gasteiger partial charge in [-0.2, -0.15) is 0 Å². The molecule has 0 bridgehead atoms. The summed E-state index contributed by atoms with van der Waals surface area (Å²) in [5.74, 6) is 0. The first kappa shape index (κ1) is 47.2. The molecule has 22 rings (SSSR count). The van der Waals surface area contributed by atoms with E-state index in [9.17, 15) is 28.8 Å². The Balaban J connectivity index is 0.966. The van der Waals surface area contributed by atoms with Crippen LogP contribution in [0.4, 0.5) is 34.1 Å². The van der Waals surface area contributed by atoms with Crippen LogP contribution in [0, 0.1) is 0 Å². The summed E-state index contributed by atoms with van der Waals surface area (Å²) in [5, 5.41) is -0.667. The first-order chi connectivity index (χ1) is 64.8. The lowest BCUT2D eigenvalue weighted by molar-refractivity contribution is 1.17. The number of para-hydroxylation sites is 6. The predicted octanol–water partition coefficient (Wildman–Crippen LogP) is 27.0. The molecular weight excluding hydrogens is 1360 g/mol. The van der Waals surface area contributed by atoms with Crippen molar-refractivity contribution in [2.75, 3.05) is 9.80 Å². The van der Waals surface area contributed by atoms with Crippen LogP contribution in [-0.2, 0) is 0 Å². The van der Waals surface area contributed by atoms with Crippen LogP contribution in [0.5, 0.6) is 0 Å². The van der Waals surface area contributed by atoms with Crippen LogP contribution in [-0.4, -0.2) is 15.8 Å². The van der Waals surface area contributed by atoms with Crippen LogP contribution in [0.25, 0.3) is 155 Å². The molecule has 0 fully saturated rings. The van der Waals surface area contributed by atoms with Crippen LogP contribution in [0.2, 0.25) is 0 Å². The van der Waals surface area contributed by atoms with Gasteiger partial charge >= 0.3 is 0 Å². The van der Waals surface area contributed by atoms with Gasteiger partial charge in [0.15, 0.2) is 0 Å². The third-order valence-corrected chi connectivity index (χ3v) is 22.1. The zero-order valence-corrected chi connectivity index (χ0v) is 60.2. The monoisotopic (exact) mass is 1460 g/mol. The van der Waals surface area contributed by atoms with Gasteiger partial charge in [-0.25, -0.2) is 0 Å². The van der Waals surface area contributed by atoms with Crippen molar-refractivity contribution in [3.8, 4) is 112 Å². The highest BCUT2D eigenvalue weighted by atomic mass is 15.2. The maximum Gasteiger partial charge on any atom is 0.252 e. The Bertz CT molecular complexity index is 7640. The lowest BCUT2D eigenvalue weighted by Gasteiger charge is -2.46. The largest absolute Gasteiger partial charge is 0.310 e. The molecule has 0 amide bonds. The Morgan fingerprint density at radius 1 is 0.204 bits per heavy atom. The third kappa shape index (κ3) is 11.0.